The molecule has 1 heterocycles. The maximum atomic E-state index is 14.1. The summed E-state index contributed by atoms with van der Waals surface area (Å²) in [5.41, 5.74) is 8.56. The van der Waals surface area contributed by atoms with Crippen molar-refractivity contribution in [3.05, 3.63) is 48.3 Å². The minimum absolute atomic E-state index is 0.0543. The number of likely N-dealkylation sites (N-methyl/N-ethyl adjacent to an activating group) is 2. The number of nitrogen functional groups attached to an aromatic ring is 1. The molecule has 0 spiro atoms. The standard InChI is InChI=1S/C32H45FN6O3/c1-7-27(35-5)31(41)37-28(19-38(6)29(40)16-20(2)3)32(42)39-21(4)14-15-24(39)18-36-30-25(12-9-13-26(30)34)22-10-8-11-23(33)17-22/h8-13,17-18,20-21,24,27-28,35H,7,14-16,19,34H2,1-6H3,(H,37,41)/t21?,24-,27-,28-/m0/s1. The van der Waals surface area contributed by atoms with Crippen molar-refractivity contribution in [1.29, 1.82) is 0 Å². The van der Waals surface area contributed by atoms with Crippen LogP contribution in [0.3, 0.4) is 0 Å². The van der Waals surface area contributed by atoms with Crippen LogP contribution in [0.2, 0.25) is 0 Å². The molecule has 2 aromatic rings. The fourth-order valence-corrected chi connectivity index (χ4v) is 5.34. The molecule has 4 atom stereocenters. The number of hydrogen-bond acceptors (Lipinski definition) is 6. The first-order chi connectivity index (χ1) is 20.0. The molecule has 42 heavy (non-hydrogen) atoms. The van der Waals surface area contributed by atoms with Gasteiger partial charge in [-0.2, -0.15) is 0 Å². The highest BCUT2D eigenvalue weighted by molar-refractivity contribution is 5.93. The van der Waals surface area contributed by atoms with E-state index >= 15 is 0 Å². The molecule has 3 amide bonds. The van der Waals surface area contributed by atoms with Gasteiger partial charge in [0, 0.05) is 37.8 Å². The molecule has 0 radical (unpaired) electrons. The normalized spacial score (nSPS) is 18.3. The Morgan fingerprint density at radius 2 is 1.88 bits per heavy atom. The number of nitrogens with two attached hydrogens (primary N) is 1. The number of halogens is 1. The molecule has 1 aliphatic heterocycles. The molecule has 3 rings (SSSR count). The Morgan fingerprint density at radius 3 is 2.52 bits per heavy atom. The van der Waals surface area contributed by atoms with Crippen LogP contribution in [0.15, 0.2) is 47.5 Å². The molecular formula is C32H45FN6O3. The second kappa shape index (κ2) is 14.9. The van der Waals surface area contributed by atoms with Gasteiger partial charge in [-0.05, 0) is 62.9 Å². The first-order valence-electron chi connectivity index (χ1n) is 14.7. The van der Waals surface area contributed by atoms with Gasteiger partial charge in [0.2, 0.25) is 17.7 Å². The lowest BCUT2D eigenvalue weighted by Gasteiger charge is -2.33. The molecule has 0 aliphatic carbocycles. The third kappa shape index (κ3) is 8.15. The lowest BCUT2D eigenvalue weighted by molar-refractivity contribution is -0.140. The van der Waals surface area contributed by atoms with Gasteiger partial charge in [0.05, 0.1) is 23.5 Å². The van der Waals surface area contributed by atoms with Gasteiger partial charge in [-0.15, -0.1) is 0 Å². The van der Waals surface area contributed by atoms with E-state index < -0.39 is 12.1 Å². The number of amides is 3. The Labute approximate surface area is 248 Å². The van der Waals surface area contributed by atoms with E-state index in [2.05, 4.69) is 10.6 Å². The second-order valence-electron chi connectivity index (χ2n) is 11.5. The Bertz CT molecular complexity index is 1280. The molecule has 9 nitrogen and oxygen atoms in total. The zero-order valence-corrected chi connectivity index (χ0v) is 25.6. The summed E-state index contributed by atoms with van der Waals surface area (Å²) in [6, 6.07) is 9.75. The number of aliphatic imine (C=N–C) groups is 1. The predicted molar refractivity (Wildman–Crippen MR) is 166 cm³/mol. The van der Waals surface area contributed by atoms with Gasteiger partial charge in [-0.3, -0.25) is 19.4 Å². The highest BCUT2D eigenvalue weighted by Gasteiger charge is 2.38. The molecule has 228 valence electrons. The lowest BCUT2D eigenvalue weighted by Crippen LogP contribution is -2.58. The number of likely N-dealkylation sites (tertiary alicyclic amines) is 1. The van der Waals surface area contributed by atoms with Crippen molar-refractivity contribution < 1.29 is 18.8 Å². The summed E-state index contributed by atoms with van der Waals surface area (Å²) in [6.45, 7) is 7.83. The van der Waals surface area contributed by atoms with Crippen LogP contribution >= 0.6 is 0 Å². The Hall–Kier alpha value is -3.79. The summed E-state index contributed by atoms with van der Waals surface area (Å²) < 4.78 is 14.0. The first-order valence-corrected chi connectivity index (χ1v) is 14.7. The van der Waals surface area contributed by atoms with Crippen molar-refractivity contribution in [2.24, 2.45) is 10.9 Å². The van der Waals surface area contributed by atoms with Crippen LogP contribution in [0.4, 0.5) is 15.8 Å². The summed E-state index contributed by atoms with van der Waals surface area (Å²) in [4.78, 5) is 47.9. The topological polar surface area (TPSA) is 120 Å². The van der Waals surface area contributed by atoms with Crippen LogP contribution in [0.1, 0.15) is 53.4 Å². The molecule has 1 aliphatic rings. The summed E-state index contributed by atoms with van der Waals surface area (Å²) >= 11 is 0. The largest absolute Gasteiger partial charge is 0.397 e. The van der Waals surface area contributed by atoms with E-state index in [1.807, 2.05) is 33.8 Å². The summed E-state index contributed by atoms with van der Waals surface area (Å²) in [5.74, 6) is -0.850. The van der Waals surface area contributed by atoms with Crippen LogP contribution in [0.25, 0.3) is 11.1 Å². The van der Waals surface area contributed by atoms with Crippen molar-refractivity contribution in [3.8, 4) is 11.1 Å². The number of carbonyl (C=O) groups is 3. The molecular weight excluding hydrogens is 535 g/mol. The molecule has 0 saturated carbocycles. The quantitative estimate of drug-likeness (QED) is 0.257. The number of para-hydroxylation sites is 1. The van der Waals surface area contributed by atoms with Crippen molar-refractivity contribution in [3.63, 3.8) is 0 Å². The number of anilines is 1. The van der Waals surface area contributed by atoms with Crippen molar-refractivity contribution >= 4 is 35.3 Å². The first kappa shape index (κ1) is 32.7. The predicted octanol–water partition coefficient (Wildman–Crippen LogP) is 4.14. The van der Waals surface area contributed by atoms with Gasteiger partial charge in [0.15, 0.2) is 0 Å². The summed E-state index contributed by atoms with van der Waals surface area (Å²) in [6.07, 6.45) is 4.04. The molecule has 1 saturated heterocycles. The van der Waals surface area contributed by atoms with E-state index in [4.69, 9.17) is 10.7 Å². The number of rotatable bonds is 12. The summed E-state index contributed by atoms with van der Waals surface area (Å²) in [5, 5.41) is 5.89. The molecule has 4 N–H and O–H groups in total. The van der Waals surface area contributed by atoms with Crippen LogP contribution in [-0.4, -0.2) is 78.5 Å². The van der Waals surface area contributed by atoms with Crippen molar-refractivity contribution in [2.75, 3.05) is 26.4 Å². The van der Waals surface area contributed by atoms with Gasteiger partial charge in [-0.1, -0.05) is 45.0 Å². The zero-order chi connectivity index (χ0) is 31.0. The third-order valence-corrected chi connectivity index (χ3v) is 7.70. The van der Waals surface area contributed by atoms with E-state index in [0.29, 0.717) is 41.8 Å². The SMILES string of the molecule is CC[C@H](NC)C(=O)N[C@@H](CN(C)C(=O)CC(C)C)C(=O)N1C(C)CC[C@H]1C=Nc1c(N)cccc1-c1cccc(F)c1. The molecule has 10 heteroatoms. The minimum atomic E-state index is -0.929. The molecule has 0 bridgehead atoms. The van der Waals surface area contributed by atoms with E-state index in [9.17, 15) is 18.8 Å². The molecule has 0 aromatic heterocycles. The van der Waals surface area contributed by atoms with Gasteiger partial charge >= 0.3 is 0 Å². The third-order valence-electron chi connectivity index (χ3n) is 7.70. The number of carbonyl (C=O) groups excluding carboxylic acids is 3. The van der Waals surface area contributed by atoms with Crippen LogP contribution in [-0.2, 0) is 14.4 Å². The maximum absolute atomic E-state index is 14.1. The Morgan fingerprint density at radius 1 is 1.17 bits per heavy atom. The zero-order valence-electron chi connectivity index (χ0n) is 25.6. The van der Waals surface area contributed by atoms with Gasteiger partial charge in [-0.25, -0.2) is 4.39 Å². The highest BCUT2D eigenvalue weighted by Crippen LogP contribution is 2.36. The van der Waals surface area contributed by atoms with Gasteiger partial charge in [0.25, 0.3) is 0 Å². The minimum Gasteiger partial charge on any atom is -0.397 e. The number of nitrogens with one attached hydrogen (secondary N) is 2. The highest BCUT2D eigenvalue weighted by atomic mass is 19.1. The fraction of sp³-hybridized carbons (Fsp3) is 0.500. The maximum Gasteiger partial charge on any atom is 0.247 e. The van der Waals surface area contributed by atoms with E-state index in [0.717, 1.165) is 6.42 Å². The Kier molecular flexibility index (Phi) is 11.6. The van der Waals surface area contributed by atoms with Crippen molar-refractivity contribution in [1.82, 2.24) is 20.4 Å². The smallest absolute Gasteiger partial charge is 0.247 e. The molecule has 1 unspecified atom stereocenters. The summed E-state index contributed by atoms with van der Waals surface area (Å²) in [7, 11) is 3.36. The van der Waals surface area contributed by atoms with Crippen LogP contribution in [0, 0.1) is 11.7 Å². The van der Waals surface area contributed by atoms with Crippen molar-refractivity contribution in [2.45, 2.75) is 77.5 Å². The van der Waals surface area contributed by atoms with E-state index in [1.165, 1.54) is 17.0 Å². The number of hydrogen-bond donors (Lipinski definition) is 3. The van der Waals surface area contributed by atoms with Crippen LogP contribution < -0.4 is 16.4 Å². The molecule has 2 aromatic carbocycles. The second-order valence-corrected chi connectivity index (χ2v) is 11.5. The van der Waals surface area contributed by atoms with E-state index in [-0.39, 0.29) is 48.1 Å². The average molecular weight is 581 g/mol. The average Bonchev–Trinajstić information content (AvgIpc) is 3.31. The van der Waals surface area contributed by atoms with Crippen LogP contribution in [0.5, 0.6) is 0 Å². The fourth-order valence-electron chi connectivity index (χ4n) is 5.34. The van der Waals surface area contributed by atoms with E-state index in [1.54, 1.807) is 49.5 Å². The van der Waals surface area contributed by atoms with Gasteiger partial charge in [0.1, 0.15) is 11.9 Å². The van der Waals surface area contributed by atoms with Gasteiger partial charge < -0.3 is 26.2 Å². The Balaban J connectivity index is 1.91. The monoisotopic (exact) mass is 580 g/mol. The number of nitrogens with zero attached hydrogens (tertiary/aromatic N) is 3. The number of benzene rings is 2. The molecule has 1 fully saturated rings. The lowest BCUT2D eigenvalue weighted by atomic mass is 10.0.